The highest BCUT2D eigenvalue weighted by Crippen LogP contribution is 2.16. The fourth-order valence-electron chi connectivity index (χ4n) is 2.80. The minimum absolute atomic E-state index is 0. The molecule has 0 radical (unpaired) electrons. The van der Waals surface area contributed by atoms with E-state index in [0.717, 1.165) is 17.4 Å². The van der Waals surface area contributed by atoms with Gasteiger partial charge in [0.1, 0.15) is 5.69 Å². The SMILES string of the molecule is Cc1ccc2[nH]c(C(=O)NCCN3CCCC3)cc2c1.[Cl-]. The molecule has 1 amide bonds. The molecule has 5 heteroatoms. The smallest absolute Gasteiger partial charge is 0.267 e. The standard InChI is InChI=1S/C16H21N3O.ClH/c1-12-4-5-14-13(10-12)11-15(18-14)16(20)17-6-9-19-7-2-3-8-19;/h4-5,10-11,18H,2-3,6-9H2,1H3,(H,17,20);1H/p-1. The van der Waals surface area contributed by atoms with Crippen LogP contribution in [0.15, 0.2) is 24.3 Å². The van der Waals surface area contributed by atoms with Crippen LogP contribution in [-0.4, -0.2) is 42.0 Å². The van der Waals surface area contributed by atoms with Crippen molar-refractivity contribution in [2.45, 2.75) is 19.8 Å². The molecule has 0 saturated carbocycles. The number of halogens is 1. The van der Waals surface area contributed by atoms with Crippen molar-refractivity contribution in [1.29, 1.82) is 0 Å². The Morgan fingerprint density at radius 2 is 2.05 bits per heavy atom. The largest absolute Gasteiger partial charge is 1.00 e. The highest BCUT2D eigenvalue weighted by molar-refractivity contribution is 5.98. The van der Waals surface area contributed by atoms with Crippen molar-refractivity contribution in [3.63, 3.8) is 0 Å². The number of nitrogens with one attached hydrogen (secondary N) is 2. The molecule has 1 aliphatic rings. The van der Waals surface area contributed by atoms with Crippen LogP contribution in [0.4, 0.5) is 0 Å². The van der Waals surface area contributed by atoms with Crippen LogP contribution in [-0.2, 0) is 0 Å². The molecule has 2 aromatic rings. The Bertz CT molecular complexity index is 617. The van der Waals surface area contributed by atoms with E-state index in [9.17, 15) is 4.79 Å². The molecule has 4 nitrogen and oxygen atoms in total. The summed E-state index contributed by atoms with van der Waals surface area (Å²) >= 11 is 0. The van der Waals surface area contributed by atoms with Crippen LogP contribution in [0.1, 0.15) is 28.9 Å². The van der Waals surface area contributed by atoms with Crippen LogP contribution in [0.25, 0.3) is 10.9 Å². The van der Waals surface area contributed by atoms with E-state index in [1.54, 1.807) is 0 Å². The highest BCUT2D eigenvalue weighted by Gasteiger charge is 2.12. The summed E-state index contributed by atoms with van der Waals surface area (Å²) in [4.78, 5) is 17.7. The third kappa shape index (κ3) is 3.77. The maximum atomic E-state index is 12.1. The zero-order valence-corrected chi connectivity index (χ0v) is 13.0. The third-order valence-corrected chi connectivity index (χ3v) is 3.93. The Morgan fingerprint density at radius 3 is 2.81 bits per heavy atom. The van der Waals surface area contributed by atoms with E-state index in [0.29, 0.717) is 12.2 Å². The second-order valence-corrected chi connectivity index (χ2v) is 5.58. The Hall–Kier alpha value is -1.52. The quantitative estimate of drug-likeness (QED) is 0.785. The van der Waals surface area contributed by atoms with Crippen molar-refractivity contribution in [2.24, 2.45) is 0 Å². The van der Waals surface area contributed by atoms with Crippen LogP contribution in [0.2, 0.25) is 0 Å². The van der Waals surface area contributed by atoms with Crippen molar-refractivity contribution in [1.82, 2.24) is 15.2 Å². The van der Waals surface area contributed by atoms with Gasteiger partial charge in [0.05, 0.1) is 0 Å². The summed E-state index contributed by atoms with van der Waals surface area (Å²) in [5, 5.41) is 4.08. The first kappa shape index (κ1) is 15.9. The number of hydrogen-bond donors (Lipinski definition) is 2. The number of fused-ring (bicyclic) bond motifs is 1. The molecule has 0 spiro atoms. The maximum Gasteiger partial charge on any atom is 0.267 e. The number of amides is 1. The monoisotopic (exact) mass is 306 g/mol. The average molecular weight is 307 g/mol. The van der Waals surface area contributed by atoms with Crippen molar-refractivity contribution in [3.8, 4) is 0 Å². The summed E-state index contributed by atoms with van der Waals surface area (Å²) in [5.41, 5.74) is 2.87. The molecule has 3 rings (SSSR count). The summed E-state index contributed by atoms with van der Waals surface area (Å²) in [7, 11) is 0. The second kappa shape index (κ2) is 6.96. The van der Waals surface area contributed by atoms with E-state index in [-0.39, 0.29) is 18.3 Å². The number of nitrogens with zero attached hydrogens (tertiary/aromatic N) is 1. The van der Waals surface area contributed by atoms with Gasteiger partial charge in [-0.05, 0) is 51.1 Å². The minimum atomic E-state index is -0.0157. The Labute approximate surface area is 131 Å². The van der Waals surface area contributed by atoms with E-state index in [1.165, 1.54) is 31.5 Å². The van der Waals surface area contributed by atoms with Crippen LogP contribution < -0.4 is 17.7 Å². The molecule has 2 heterocycles. The normalized spacial score (nSPS) is 15.1. The molecule has 0 atom stereocenters. The van der Waals surface area contributed by atoms with Gasteiger partial charge in [-0.25, -0.2) is 0 Å². The van der Waals surface area contributed by atoms with Gasteiger partial charge in [0.25, 0.3) is 5.91 Å². The van der Waals surface area contributed by atoms with E-state index < -0.39 is 0 Å². The van der Waals surface area contributed by atoms with E-state index >= 15 is 0 Å². The average Bonchev–Trinajstić information content (AvgIpc) is 3.06. The van der Waals surface area contributed by atoms with Crippen LogP contribution in [0.5, 0.6) is 0 Å². The summed E-state index contributed by atoms with van der Waals surface area (Å²) in [5.74, 6) is -0.0157. The molecule has 1 aromatic carbocycles. The number of H-pyrrole nitrogens is 1. The molecular formula is C16H21ClN3O-. The predicted molar refractivity (Wildman–Crippen MR) is 81.0 cm³/mol. The number of aryl methyl sites for hydroxylation is 1. The molecular weight excluding hydrogens is 286 g/mol. The van der Waals surface area contributed by atoms with Gasteiger partial charge in [-0.2, -0.15) is 0 Å². The number of carbonyl (C=O) groups excluding carboxylic acids is 1. The fourth-order valence-corrected chi connectivity index (χ4v) is 2.80. The third-order valence-electron chi connectivity index (χ3n) is 3.93. The number of aromatic nitrogens is 1. The number of hydrogen-bond acceptors (Lipinski definition) is 2. The van der Waals surface area contributed by atoms with Crippen molar-refractivity contribution in [2.75, 3.05) is 26.2 Å². The molecule has 21 heavy (non-hydrogen) atoms. The molecule has 0 aliphatic carbocycles. The predicted octanol–water partition coefficient (Wildman–Crippen LogP) is -0.694. The molecule has 0 unspecified atom stereocenters. The summed E-state index contributed by atoms with van der Waals surface area (Å²) in [6.45, 7) is 6.06. The first-order valence-corrected chi connectivity index (χ1v) is 7.32. The molecule has 1 aromatic heterocycles. The molecule has 2 N–H and O–H groups in total. The zero-order chi connectivity index (χ0) is 13.9. The van der Waals surface area contributed by atoms with Gasteiger partial charge < -0.3 is 27.6 Å². The topological polar surface area (TPSA) is 48.1 Å². The van der Waals surface area contributed by atoms with Crippen molar-refractivity contribution in [3.05, 3.63) is 35.5 Å². The van der Waals surface area contributed by atoms with Crippen LogP contribution >= 0.6 is 0 Å². The van der Waals surface area contributed by atoms with E-state index in [4.69, 9.17) is 0 Å². The lowest BCUT2D eigenvalue weighted by Gasteiger charge is -2.14. The van der Waals surface area contributed by atoms with Gasteiger partial charge in [0, 0.05) is 24.0 Å². The van der Waals surface area contributed by atoms with Crippen molar-refractivity contribution < 1.29 is 17.2 Å². The number of benzene rings is 1. The first-order chi connectivity index (χ1) is 9.72. The number of rotatable bonds is 4. The fraction of sp³-hybridized carbons (Fsp3) is 0.438. The van der Waals surface area contributed by atoms with Crippen molar-refractivity contribution >= 4 is 16.8 Å². The summed E-state index contributed by atoms with van der Waals surface area (Å²) in [6.07, 6.45) is 2.57. The van der Waals surface area contributed by atoms with Gasteiger partial charge in [0.2, 0.25) is 0 Å². The van der Waals surface area contributed by atoms with Gasteiger partial charge in [0.15, 0.2) is 0 Å². The first-order valence-electron chi connectivity index (χ1n) is 7.32. The van der Waals surface area contributed by atoms with Crippen LogP contribution in [0.3, 0.4) is 0 Å². The Balaban J connectivity index is 0.00000161. The van der Waals surface area contributed by atoms with Gasteiger partial charge in [-0.3, -0.25) is 4.79 Å². The number of likely N-dealkylation sites (tertiary alicyclic amines) is 1. The second-order valence-electron chi connectivity index (χ2n) is 5.58. The van der Waals surface area contributed by atoms with E-state index in [1.807, 2.05) is 18.2 Å². The molecule has 114 valence electrons. The zero-order valence-electron chi connectivity index (χ0n) is 12.3. The molecule has 1 saturated heterocycles. The Kier molecular flexibility index (Phi) is 5.26. The molecule has 1 aliphatic heterocycles. The van der Waals surface area contributed by atoms with E-state index in [2.05, 4.69) is 28.2 Å². The number of carbonyl (C=O) groups is 1. The summed E-state index contributed by atoms with van der Waals surface area (Å²) in [6, 6.07) is 8.08. The van der Waals surface area contributed by atoms with Gasteiger partial charge >= 0.3 is 0 Å². The minimum Gasteiger partial charge on any atom is -1.00 e. The lowest BCUT2D eigenvalue weighted by molar-refractivity contribution is -0.0000125. The van der Waals surface area contributed by atoms with Gasteiger partial charge in [-0.15, -0.1) is 0 Å². The lowest BCUT2D eigenvalue weighted by atomic mass is 10.2. The molecule has 0 bridgehead atoms. The number of aromatic amines is 1. The maximum absolute atomic E-state index is 12.1. The van der Waals surface area contributed by atoms with Gasteiger partial charge in [-0.1, -0.05) is 11.6 Å². The lowest BCUT2D eigenvalue weighted by Crippen LogP contribution is -3.00. The summed E-state index contributed by atoms with van der Waals surface area (Å²) < 4.78 is 0. The molecule has 1 fully saturated rings. The highest BCUT2D eigenvalue weighted by atomic mass is 35.5. The van der Waals surface area contributed by atoms with Crippen LogP contribution in [0, 0.1) is 6.92 Å². The Morgan fingerprint density at radius 1 is 1.29 bits per heavy atom.